The minimum atomic E-state index is -1.57. The van der Waals surface area contributed by atoms with E-state index in [9.17, 15) is 34.8 Å². The lowest BCUT2D eigenvalue weighted by molar-refractivity contribution is -0.139. The van der Waals surface area contributed by atoms with Crippen LogP contribution in [0, 0.1) is 17.8 Å². The molecule has 2 aliphatic rings. The fraction of sp³-hybridized carbons (Fsp3) is 0.525. The Hall–Kier alpha value is -4.03. The quantitative estimate of drug-likeness (QED) is 0.126. The number of fused-ring (bicyclic) bond motifs is 2. The molecule has 0 radical (unpaired) electrons. The lowest BCUT2D eigenvalue weighted by Gasteiger charge is -2.37. The van der Waals surface area contributed by atoms with Gasteiger partial charge in [0.05, 0.1) is 36.3 Å². The Morgan fingerprint density at radius 1 is 0.824 bits per heavy atom. The first-order chi connectivity index (χ1) is 24.4. The van der Waals surface area contributed by atoms with Gasteiger partial charge in [-0.3, -0.25) is 14.4 Å². The number of carbonyl (C=O) groups is 3. The number of amides is 3. The molecule has 276 valence electrons. The molecule has 2 aliphatic carbocycles. The van der Waals surface area contributed by atoms with Crippen molar-refractivity contribution in [2.24, 2.45) is 17.8 Å². The molecule has 11 nitrogen and oxygen atoms in total. The standard InChI is InChI=1S/C40H53N3O8/c1-23(2)34(39(49)43-36-29-18-10-8-15-27(29)21-31(36)45)38(48)37(47)30(20-25-12-5-4-6-13-25)41-40(50)35(24(3)44)42-33(46)22-51-32-19-11-16-26-14-7-9-17-28(26)32/h7-11,14-19,23-25,30-31,34-38,44-45,47-48H,4-6,12-13,20-22H2,1-3H3,(H,41,50)(H,42,46)(H,43,49)/t24-,30+,31-,34-,35+,36+,37-,38-/m1/s1. The van der Waals surface area contributed by atoms with Crippen molar-refractivity contribution in [3.8, 4) is 5.75 Å². The van der Waals surface area contributed by atoms with E-state index in [2.05, 4.69) is 16.0 Å². The molecule has 0 aromatic heterocycles. The van der Waals surface area contributed by atoms with Gasteiger partial charge in [0.2, 0.25) is 11.8 Å². The topological polar surface area (TPSA) is 177 Å². The first kappa shape index (κ1) is 38.2. The predicted octanol–water partition coefficient (Wildman–Crippen LogP) is 3.31. The molecular weight excluding hydrogens is 650 g/mol. The van der Waals surface area contributed by atoms with Crippen LogP contribution in [0.15, 0.2) is 66.7 Å². The third-order valence-corrected chi connectivity index (χ3v) is 10.5. The van der Waals surface area contributed by atoms with Crippen molar-refractivity contribution in [3.05, 3.63) is 77.9 Å². The maximum absolute atomic E-state index is 13.8. The third-order valence-electron chi connectivity index (χ3n) is 10.5. The molecule has 3 aromatic carbocycles. The summed E-state index contributed by atoms with van der Waals surface area (Å²) in [5.41, 5.74) is 1.75. The molecule has 0 spiro atoms. The van der Waals surface area contributed by atoms with Crippen molar-refractivity contribution in [1.82, 2.24) is 16.0 Å². The maximum atomic E-state index is 13.8. The summed E-state index contributed by atoms with van der Waals surface area (Å²) >= 11 is 0. The van der Waals surface area contributed by atoms with Crippen LogP contribution < -0.4 is 20.7 Å². The Labute approximate surface area is 299 Å². The molecule has 0 saturated heterocycles. The summed E-state index contributed by atoms with van der Waals surface area (Å²) in [6.45, 7) is 4.52. The van der Waals surface area contributed by atoms with E-state index in [0.29, 0.717) is 18.6 Å². The molecule has 3 aromatic rings. The van der Waals surface area contributed by atoms with E-state index < -0.39 is 78.7 Å². The van der Waals surface area contributed by atoms with Crippen molar-refractivity contribution >= 4 is 28.5 Å². The predicted molar refractivity (Wildman–Crippen MR) is 194 cm³/mol. The van der Waals surface area contributed by atoms with Crippen LogP contribution in [0.4, 0.5) is 0 Å². The van der Waals surface area contributed by atoms with E-state index in [-0.39, 0.29) is 5.92 Å². The zero-order valence-electron chi connectivity index (χ0n) is 29.7. The summed E-state index contributed by atoms with van der Waals surface area (Å²) in [6.07, 6.45) is 0.403. The second-order valence-corrected chi connectivity index (χ2v) is 14.6. The number of hydrogen-bond acceptors (Lipinski definition) is 8. The summed E-state index contributed by atoms with van der Waals surface area (Å²) in [5.74, 6) is -2.67. The highest BCUT2D eigenvalue weighted by atomic mass is 16.5. The Bertz CT molecular complexity index is 1640. The zero-order chi connectivity index (χ0) is 36.7. The number of aliphatic hydroxyl groups is 4. The summed E-state index contributed by atoms with van der Waals surface area (Å²) in [4.78, 5) is 40.5. The van der Waals surface area contributed by atoms with Gasteiger partial charge in [-0.2, -0.15) is 0 Å². The number of carbonyl (C=O) groups excluding carboxylic acids is 3. The monoisotopic (exact) mass is 703 g/mol. The van der Waals surface area contributed by atoms with Gasteiger partial charge in [0.15, 0.2) is 6.61 Å². The zero-order valence-corrected chi connectivity index (χ0v) is 29.7. The smallest absolute Gasteiger partial charge is 0.258 e. The summed E-state index contributed by atoms with van der Waals surface area (Å²) in [7, 11) is 0. The Morgan fingerprint density at radius 3 is 2.24 bits per heavy atom. The molecule has 1 fully saturated rings. The van der Waals surface area contributed by atoms with Crippen LogP contribution in [-0.2, 0) is 20.8 Å². The molecule has 5 rings (SSSR count). The minimum absolute atomic E-state index is 0.163. The molecule has 51 heavy (non-hydrogen) atoms. The van der Waals surface area contributed by atoms with Crippen LogP contribution in [0.25, 0.3) is 10.8 Å². The average molecular weight is 704 g/mol. The largest absolute Gasteiger partial charge is 0.483 e. The molecule has 3 amide bonds. The van der Waals surface area contributed by atoms with Gasteiger partial charge in [-0.15, -0.1) is 0 Å². The minimum Gasteiger partial charge on any atom is -0.483 e. The number of benzene rings is 3. The van der Waals surface area contributed by atoms with Gasteiger partial charge in [-0.25, -0.2) is 0 Å². The lowest BCUT2D eigenvalue weighted by atomic mass is 9.79. The molecule has 7 N–H and O–H groups in total. The molecule has 11 heteroatoms. The van der Waals surface area contributed by atoms with Gasteiger partial charge >= 0.3 is 0 Å². The van der Waals surface area contributed by atoms with Crippen molar-refractivity contribution in [3.63, 3.8) is 0 Å². The van der Waals surface area contributed by atoms with Gasteiger partial charge < -0.3 is 41.1 Å². The van der Waals surface area contributed by atoms with Crippen LogP contribution in [0.2, 0.25) is 0 Å². The third kappa shape index (κ3) is 9.45. The number of nitrogens with one attached hydrogen (secondary N) is 3. The Kier molecular flexibility index (Phi) is 13.1. The molecule has 0 bridgehead atoms. The van der Waals surface area contributed by atoms with Gasteiger partial charge in [0.1, 0.15) is 17.9 Å². The second-order valence-electron chi connectivity index (χ2n) is 14.6. The van der Waals surface area contributed by atoms with E-state index in [1.807, 2.05) is 60.7 Å². The fourth-order valence-electron chi connectivity index (χ4n) is 7.72. The summed E-state index contributed by atoms with van der Waals surface area (Å²) in [5, 5.41) is 54.8. The van der Waals surface area contributed by atoms with Gasteiger partial charge in [-0.1, -0.05) is 107 Å². The molecule has 0 aliphatic heterocycles. The first-order valence-electron chi connectivity index (χ1n) is 18.2. The van der Waals surface area contributed by atoms with Gasteiger partial charge in [0.25, 0.3) is 5.91 Å². The molecule has 0 heterocycles. The highest BCUT2D eigenvalue weighted by molar-refractivity contribution is 5.90. The second kappa shape index (κ2) is 17.5. The van der Waals surface area contributed by atoms with E-state index >= 15 is 0 Å². The average Bonchev–Trinajstić information content (AvgIpc) is 3.43. The first-order valence-corrected chi connectivity index (χ1v) is 18.2. The van der Waals surface area contributed by atoms with Crippen LogP contribution in [0.1, 0.15) is 76.5 Å². The van der Waals surface area contributed by atoms with E-state index in [1.165, 1.54) is 6.92 Å². The van der Waals surface area contributed by atoms with Crippen molar-refractivity contribution in [2.45, 2.75) is 108 Å². The van der Waals surface area contributed by atoms with Crippen molar-refractivity contribution in [2.75, 3.05) is 6.61 Å². The van der Waals surface area contributed by atoms with Gasteiger partial charge in [-0.05, 0) is 47.8 Å². The molecule has 8 atom stereocenters. The van der Waals surface area contributed by atoms with E-state index in [0.717, 1.165) is 54.0 Å². The van der Waals surface area contributed by atoms with Crippen LogP contribution in [-0.4, -0.2) is 81.3 Å². The normalized spacial score (nSPS) is 21.2. The SMILES string of the molecule is CC(C)[C@@H](C(=O)N[C@H]1c2ccccc2C[C@H]1O)[C@@H](O)[C@H](O)[C@H](CC1CCCCC1)NC(=O)[C@@H](NC(=O)COc1cccc2ccccc12)[C@@H](C)O. The van der Waals surface area contributed by atoms with Crippen LogP contribution in [0.5, 0.6) is 5.75 Å². The Morgan fingerprint density at radius 2 is 1.51 bits per heavy atom. The van der Waals surface area contributed by atoms with Crippen molar-refractivity contribution < 1.29 is 39.5 Å². The maximum Gasteiger partial charge on any atom is 0.258 e. The molecule has 0 unspecified atom stereocenters. The number of hydrogen-bond donors (Lipinski definition) is 7. The van der Waals surface area contributed by atoms with E-state index in [1.54, 1.807) is 19.9 Å². The Balaban J connectivity index is 1.28. The van der Waals surface area contributed by atoms with Crippen LogP contribution >= 0.6 is 0 Å². The van der Waals surface area contributed by atoms with E-state index in [4.69, 9.17) is 4.74 Å². The van der Waals surface area contributed by atoms with Crippen LogP contribution in [0.3, 0.4) is 0 Å². The molecular formula is C40H53N3O8. The molecule has 1 saturated carbocycles. The fourth-order valence-corrected chi connectivity index (χ4v) is 7.72. The number of rotatable bonds is 15. The van der Waals surface area contributed by atoms with Gasteiger partial charge in [0, 0.05) is 11.8 Å². The number of ether oxygens (including phenoxy) is 1. The van der Waals surface area contributed by atoms with Crippen molar-refractivity contribution in [1.29, 1.82) is 0 Å². The summed E-state index contributed by atoms with van der Waals surface area (Å²) in [6, 6.07) is 17.5. The highest BCUT2D eigenvalue weighted by Gasteiger charge is 2.42. The lowest BCUT2D eigenvalue weighted by Crippen LogP contribution is -2.60. The summed E-state index contributed by atoms with van der Waals surface area (Å²) < 4.78 is 5.79. The number of aliphatic hydroxyl groups excluding tert-OH is 4. The highest BCUT2D eigenvalue weighted by Crippen LogP contribution is 2.33.